The summed E-state index contributed by atoms with van der Waals surface area (Å²) in [5.74, 6) is -1.00. The third kappa shape index (κ3) is 6.13. The Hall–Kier alpha value is -2.58. The molecule has 1 aromatic rings. The van der Waals surface area contributed by atoms with Crippen molar-refractivity contribution in [3.63, 3.8) is 0 Å². The van der Waals surface area contributed by atoms with Crippen molar-refractivity contribution in [1.29, 1.82) is 0 Å². The van der Waals surface area contributed by atoms with Crippen LogP contribution >= 0.6 is 11.8 Å². The number of hydrogen-bond donors (Lipinski definition) is 1. The van der Waals surface area contributed by atoms with Crippen molar-refractivity contribution in [2.75, 3.05) is 26.2 Å². The van der Waals surface area contributed by atoms with Gasteiger partial charge in [-0.15, -0.1) is 24.9 Å². The Bertz CT molecular complexity index is 1200. The maximum atomic E-state index is 14.8. The first-order valence-corrected chi connectivity index (χ1v) is 17.6. The van der Waals surface area contributed by atoms with E-state index in [2.05, 4.69) is 20.1 Å². The van der Waals surface area contributed by atoms with Gasteiger partial charge >= 0.3 is 0 Å². The lowest BCUT2D eigenvalue weighted by molar-refractivity contribution is -0.146. The molecule has 1 spiro atoms. The number of thioether (sulfide) groups is 1. The Morgan fingerprint density at radius 1 is 1.00 bits per heavy atom. The summed E-state index contributed by atoms with van der Waals surface area (Å²) < 4.78 is -1.03. The van der Waals surface area contributed by atoms with Gasteiger partial charge < -0.3 is 19.8 Å². The van der Waals surface area contributed by atoms with E-state index < -0.39 is 27.4 Å². The lowest BCUT2D eigenvalue weighted by Crippen LogP contribution is -2.57. The summed E-state index contributed by atoms with van der Waals surface area (Å²) in [4.78, 5) is 49.8. The monoisotopic (exact) mass is 621 g/mol. The minimum Gasteiger partial charge on any atom is -0.396 e. The highest BCUT2D eigenvalue weighted by Gasteiger charge is 2.77. The third-order valence-electron chi connectivity index (χ3n) is 10.6. The topological polar surface area (TPSA) is 81.2 Å². The second-order valence-electron chi connectivity index (χ2n) is 13.5. The van der Waals surface area contributed by atoms with Crippen molar-refractivity contribution in [3.05, 3.63) is 61.2 Å². The number of carbonyl (C=O) groups excluding carboxylic acids is 3. The van der Waals surface area contributed by atoms with Crippen LogP contribution in [0.25, 0.3) is 0 Å². The van der Waals surface area contributed by atoms with E-state index >= 15 is 0 Å². The molecule has 1 aromatic carbocycles. The zero-order chi connectivity index (χ0) is 31.3. The Morgan fingerprint density at radius 3 is 2.39 bits per heavy atom. The fraction of sp³-hybridized carbons (Fsp3) is 0.639. The molecule has 3 heterocycles. The number of fused-ring (bicyclic) bond motifs is 1. The highest BCUT2D eigenvalue weighted by Crippen LogP contribution is 2.71. The molecule has 7 nitrogen and oxygen atoms in total. The molecule has 3 amide bonds. The molecule has 5 atom stereocenters. The number of nitrogens with zero attached hydrogens (tertiary/aromatic N) is 3. The van der Waals surface area contributed by atoms with Crippen LogP contribution in [0.15, 0.2) is 55.6 Å². The quantitative estimate of drug-likeness (QED) is 0.204. The molecule has 3 aliphatic heterocycles. The molecule has 1 N–H and O–H groups in total. The normalized spacial score (nSPS) is 29.5. The van der Waals surface area contributed by atoms with Crippen molar-refractivity contribution in [2.45, 2.75) is 106 Å². The Labute approximate surface area is 268 Å². The fourth-order valence-electron chi connectivity index (χ4n) is 8.57. The average molecular weight is 622 g/mol. The molecular weight excluding hydrogens is 570 g/mol. The second-order valence-corrected chi connectivity index (χ2v) is 15.4. The van der Waals surface area contributed by atoms with Crippen molar-refractivity contribution in [3.8, 4) is 0 Å². The standard InChI is InChI=1S/C36H51N3O4S/c1-4-22-37(26-27-16-10-8-11-17-27)32(41)29-30-33(42)39(24-14-6-7-15-25-40)31(36(30)21-20-35(29,3)44-36)34(43)38(23-5-2)28-18-12-9-13-19-28/h4-5,8,10-11,16-17,28-31,40H,1-2,6-7,9,12-15,18-26H2,3H3/t29-,30-,31?,35+,36?/m0/s1. The molecule has 0 aromatic heterocycles. The first-order chi connectivity index (χ1) is 21.3. The van der Waals surface area contributed by atoms with Crippen LogP contribution in [0.1, 0.15) is 83.1 Å². The summed E-state index contributed by atoms with van der Waals surface area (Å²) in [6.45, 7) is 12.1. The first kappa shape index (κ1) is 32.8. The number of benzene rings is 1. The lowest BCUT2D eigenvalue weighted by atomic mass is 9.66. The van der Waals surface area contributed by atoms with Gasteiger partial charge in [0.05, 0.1) is 16.6 Å². The van der Waals surface area contributed by atoms with Gasteiger partial charge in [-0.05, 0) is 51.0 Å². The molecule has 2 unspecified atom stereocenters. The van der Waals surface area contributed by atoms with Crippen molar-refractivity contribution in [2.24, 2.45) is 11.8 Å². The largest absolute Gasteiger partial charge is 0.396 e. The molecule has 0 radical (unpaired) electrons. The van der Waals surface area contributed by atoms with Gasteiger partial charge in [0.1, 0.15) is 6.04 Å². The highest BCUT2D eigenvalue weighted by molar-refractivity contribution is 8.02. The van der Waals surface area contributed by atoms with Gasteiger partial charge in [0.25, 0.3) is 0 Å². The average Bonchev–Trinajstić information content (AvgIpc) is 3.60. The van der Waals surface area contributed by atoms with Crippen LogP contribution in [0.5, 0.6) is 0 Å². The van der Waals surface area contributed by atoms with Crippen LogP contribution in [0, 0.1) is 11.8 Å². The van der Waals surface area contributed by atoms with Crippen LogP contribution in [0.2, 0.25) is 0 Å². The summed E-state index contributed by atoms with van der Waals surface area (Å²) >= 11 is 1.76. The molecule has 2 bridgehead atoms. The van der Waals surface area contributed by atoms with Gasteiger partial charge in [0.2, 0.25) is 17.7 Å². The summed E-state index contributed by atoms with van der Waals surface area (Å²) in [5, 5.41) is 9.26. The number of rotatable bonds is 15. The van der Waals surface area contributed by atoms with E-state index in [4.69, 9.17) is 0 Å². The van der Waals surface area contributed by atoms with Crippen LogP contribution in [-0.4, -0.2) is 85.3 Å². The molecule has 4 fully saturated rings. The number of aliphatic hydroxyl groups is 1. The van der Waals surface area contributed by atoms with Gasteiger partial charge in [-0.25, -0.2) is 0 Å². The molecule has 4 aliphatic rings. The van der Waals surface area contributed by atoms with Gasteiger partial charge in [-0.2, -0.15) is 0 Å². The molecule has 8 heteroatoms. The molecular formula is C36H51N3O4S. The van der Waals surface area contributed by atoms with Crippen molar-refractivity contribution >= 4 is 29.5 Å². The van der Waals surface area contributed by atoms with E-state index in [-0.39, 0.29) is 30.4 Å². The number of aliphatic hydroxyl groups excluding tert-OH is 1. The number of hydrogen-bond acceptors (Lipinski definition) is 5. The molecule has 44 heavy (non-hydrogen) atoms. The van der Waals surface area contributed by atoms with Crippen LogP contribution in [0.3, 0.4) is 0 Å². The second kappa shape index (κ2) is 14.2. The minimum atomic E-state index is -0.616. The number of amides is 3. The van der Waals surface area contributed by atoms with Gasteiger partial charge in [-0.3, -0.25) is 14.4 Å². The zero-order valence-corrected chi connectivity index (χ0v) is 27.3. The molecule has 5 rings (SSSR count). The predicted molar refractivity (Wildman–Crippen MR) is 177 cm³/mol. The van der Waals surface area contributed by atoms with Crippen LogP contribution < -0.4 is 0 Å². The maximum Gasteiger partial charge on any atom is 0.247 e. The minimum absolute atomic E-state index is 0.00472. The van der Waals surface area contributed by atoms with Gasteiger partial charge in [-0.1, -0.05) is 74.6 Å². The first-order valence-electron chi connectivity index (χ1n) is 16.8. The van der Waals surface area contributed by atoms with E-state index in [1.165, 1.54) is 6.42 Å². The molecule has 1 aliphatic carbocycles. The van der Waals surface area contributed by atoms with E-state index in [0.29, 0.717) is 26.2 Å². The summed E-state index contributed by atoms with van der Waals surface area (Å²) in [6, 6.07) is 9.56. The lowest BCUT2D eigenvalue weighted by Gasteiger charge is -2.41. The zero-order valence-electron chi connectivity index (χ0n) is 26.5. The molecule has 3 saturated heterocycles. The molecule has 1 saturated carbocycles. The van der Waals surface area contributed by atoms with Gasteiger partial charge in [0, 0.05) is 43.6 Å². The summed E-state index contributed by atoms with van der Waals surface area (Å²) in [6.07, 6.45) is 13.8. The Kier molecular flexibility index (Phi) is 10.6. The maximum absolute atomic E-state index is 14.8. The number of carbonyl (C=O) groups is 3. The third-order valence-corrected chi connectivity index (χ3v) is 12.6. The Balaban J connectivity index is 1.49. The van der Waals surface area contributed by atoms with E-state index in [1.807, 2.05) is 51.1 Å². The van der Waals surface area contributed by atoms with E-state index in [1.54, 1.807) is 17.8 Å². The van der Waals surface area contributed by atoms with Crippen molar-refractivity contribution < 1.29 is 19.5 Å². The smallest absolute Gasteiger partial charge is 0.247 e. The van der Waals surface area contributed by atoms with Crippen LogP contribution in [0.4, 0.5) is 0 Å². The summed E-state index contributed by atoms with van der Waals surface area (Å²) in [7, 11) is 0. The Morgan fingerprint density at radius 2 is 1.70 bits per heavy atom. The van der Waals surface area contributed by atoms with Crippen molar-refractivity contribution in [1.82, 2.24) is 14.7 Å². The molecule has 240 valence electrons. The number of unbranched alkanes of at least 4 members (excludes halogenated alkanes) is 3. The predicted octanol–water partition coefficient (Wildman–Crippen LogP) is 5.58. The van der Waals surface area contributed by atoms with E-state index in [0.717, 1.165) is 69.8 Å². The SMILES string of the molecule is C=CCN(Cc1ccccc1)C(=O)[C@@H]1[C@H]2C(=O)N(CCCCCCO)C(C(=O)N(CC=C)C3CCCCC3)C23CC[C@@]1(C)S3. The van der Waals surface area contributed by atoms with Crippen LogP contribution in [-0.2, 0) is 20.9 Å². The summed E-state index contributed by atoms with van der Waals surface area (Å²) in [5.41, 5.74) is 1.04. The van der Waals surface area contributed by atoms with Gasteiger partial charge in [0.15, 0.2) is 0 Å². The fourth-order valence-corrected chi connectivity index (χ4v) is 10.9. The highest BCUT2D eigenvalue weighted by atomic mass is 32.2. The van der Waals surface area contributed by atoms with E-state index in [9.17, 15) is 19.5 Å². The number of likely N-dealkylation sites (tertiary alicyclic amines) is 1.